The van der Waals surface area contributed by atoms with Gasteiger partial charge in [0, 0.05) is 6.54 Å². The normalized spacial score (nSPS) is 13.2. The molecule has 0 spiro atoms. The fourth-order valence-electron chi connectivity index (χ4n) is 3.85. The number of nitrogen functional groups attached to an aromatic ring is 1. The van der Waals surface area contributed by atoms with Gasteiger partial charge in [-0.15, -0.1) is 0 Å². The van der Waals surface area contributed by atoms with E-state index >= 15 is 0 Å². The molecule has 1 heterocycles. The standard InChI is InChI=1S/C23H28N6O3/c24-12-13-26-19(30)16-28(14-11-17-7-3-1-4-8-17)20-21(25)29(23(32)27-22(20)31)15-18-9-5-2-6-10-18/h2,5-7,9-10H,1,3-4,8,11,13-16,25H2,(H,26,30)(H,27,31,32). The van der Waals surface area contributed by atoms with Crippen LogP contribution in [0.4, 0.5) is 11.5 Å². The van der Waals surface area contributed by atoms with Crippen LogP contribution in [0.5, 0.6) is 0 Å². The smallest absolute Gasteiger partial charge is 0.330 e. The van der Waals surface area contributed by atoms with E-state index in [2.05, 4.69) is 16.4 Å². The summed E-state index contributed by atoms with van der Waals surface area (Å²) in [5, 5.41) is 11.2. The zero-order valence-corrected chi connectivity index (χ0v) is 18.0. The van der Waals surface area contributed by atoms with Crippen molar-refractivity contribution in [2.24, 2.45) is 0 Å². The lowest BCUT2D eigenvalue weighted by molar-refractivity contribution is -0.119. The number of nitriles is 1. The molecular weight excluding hydrogens is 408 g/mol. The van der Waals surface area contributed by atoms with Crippen molar-refractivity contribution in [3.05, 3.63) is 68.4 Å². The van der Waals surface area contributed by atoms with Crippen LogP contribution in [0.25, 0.3) is 0 Å². The summed E-state index contributed by atoms with van der Waals surface area (Å²) in [7, 11) is 0. The van der Waals surface area contributed by atoms with Gasteiger partial charge in [-0.3, -0.25) is 19.1 Å². The van der Waals surface area contributed by atoms with Gasteiger partial charge in [0.2, 0.25) is 5.91 Å². The molecule has 168 valence electrons. The Balaban J connectivity index is 1.94. The molecule has 1 aliphatic rings. The first-order chi connectivity index (χ1) is 15.5. The molecule has 2 aromatic rings. The Morgan fingerprint density at radius 1 is 1.25 bits per heavy atom. The lowest BCUT2D eigenvalue weighted by Gasteiger charge is -2.26. The third-order valence-electron chi connectivity index (χ3n) is 5.50. The van der Waals surface area contributed by atoms with E-state index in [-0.39, 0.29) is 31.1 Å². The Bertz CT molecular complexity index is 1130. The number of amides is 1. The second-order valence-electron chi connectivity index (χ2n) is 7.78. The average molecular weight is 437 g/mol. The average Bonchev–Trinajstić information content (AvgIpc) is 2.80. The first-order valence-corrected chi connectivity index (χ1v) is 10.7. The summed E-state index contributed by atoms with van der Waals surface area (Å²) in [6.45, 7) is 0.306. The van der Waals surface area contributed by atoms with Crippen molar-refractivity contribution >= 4 is 17.4 Å². The van der Waals surface area contributed by atoms with E-state index in [0.29, 0.717) is 13.0 Å². The zero-order valence-electron chi connectivity index (χ0n) is 18.0. The molecule has 0 saturated heterocycles. The van der Waals surface area contributed by atoms with E-state index in [0.717, 1.165) is 24.8 Å². The molecule has 1 amide bonds. The number of benzene rings is 1. The molecule has 9 heteroatoms. The molecule has 1 aliphatic carbocycles. The van der Waals surface area contributed by atoms with Crippen LogP contribution in [0.2, 0.25) is 0 Å². The Hall–Kier alpha value is -3.80. The van der Waals surface area contributed by atoms with Crippen molar-refractivity contribution < 1.29 is 4.79 Å². The number of carbonyl (C=O) groups is 1. The molecule has 1 aromatic heterocycles. The lowest BCUT2D eigenvalue weighted by atomic mass is 9.97. The van der Waals surface area contributed by atoms with E-state index in [4.69, 9.17) is 11.0 Å². The second-order valence-corrected chi connectivity index (χ2v) is 7.78. The van der Waals surface area contributed by atoms with E-state index < -0.39 is 17.2 Å². The molecule has 0 radical (unpaired) electrons. The molecule has 0 saturated carbocycles. The van der Waals surface area contributed by atoms with Crippen LogP contribution >= 0.6 is 0 Å². The van der Waals surface area contributed by atoms with E-state index in [1.165, 1.54) is 16.6 Å². The fourth-order valence-corrected chi connectivity index (χ4v) is 3.85. The Labute approximate surface area is 186 Å². The summed E-state index contributed by atoms with van der Waals surface area (Å²) in [6.07, 6.45) is 7.21. The predicted octanol–water partition coefficient (Wildman–Crippen LogP) is 1.50. The second kappa shape index (κ2) is 11.0. The number of hydrogen-bond donors (Lipinski definition) is 3. The highest BCUT2D eigenvalue weighted by Gasteiger charge is 2.21. The van der Waals surface area contributed by atoms with Gasteiger partial charge >= 0.3 is 5.69 Å². The van der Waals surface area contributed by atoms with Crippen molar-refractivity contribution in [3.8, 4) is 6.07 Å². The van der Waals surface area contributed by atoms with Gasteiger partial charge in [0.25, 0.3) is 5.56 Å². The molecule has 3 rings (SSSR count). The summed E-state index contributed by atoms with van der Waals surface area (Å²) >= 11 is 0. The minimum absolute atomic E-state index is 0.00769. The molecule has 0 bridgehead atoms. The molecule has 0 aliphatic heterocycles. The topological polar surface area (TPSA) is 137 Å². The summed E-state index contributed by atoms with van der Waals surface area (Å²) in [6, 6.07) is 11.2. The van der Waals surface area contributed by atoms with E-state index in [9.17, 15) is 14.4 Å². The number of anilines is 2. The SMILES string of the molecule is N#CCNC(=O)CN(CCC1=CCCCC1)c1c(N)n(Cc2ccccc2)c(=O)[nH]c1=O. The third-order valence-corrected chi connectivity index (χ3v) is 5.50. The Morgan fingerprint density at radius 3 is 2.72 bits per heavy atom. The number of nitrogens with one attached hydrogen (secondary N) is 2. The van der Waals surface area contributed by atoms with Gasteiger partial charge in [-0.1, -0.05) is 42.0 Å². The first-order valence-electron chi connectivity index (χ1n) is 10.7. The van der Waals surface area contributed by atoms with Crippen molar-refractivity contribution in [2.45, 2.75) is 38.6 Å². The van der Waals surface area contributed by atoms with Crippen molar-refractivity contribution in [1.29, 1.82) is 5.26 Å². The quantitative estimate of drug-likeness (QED) is 0.402. The number of nitrogens with zero attached hydrogens (tertiary/aromatic N) is 3. The fraction of sp³-hybridized carbons (Fsp3) is 0.391. The van der Waals surface area contributed by atoms with Gasteiger partial charge < -0.3 is 16.0 Å². The summed E-state index contributed by atoms with van der Waals surface area (Å²) in [4.78, 5) is 41.5. The van der Waals surface area contributed by atoms with Crippen molar-refractivity contribution in [3.63, 3.8) is 0 Å². The van der Waals surface area contributed by atoms with Gasteiger partial charge in [0.05, 0.1) is 19.2 Å². The van der Waals surface area contributed by atoms with Crippen LogP contribution in [-0.4, -0.2) is 35.1 Å². The minimum atomic E-state index is -0.637. The summed E-state index contributed by atoms with van der Waals surface area (Å²) in [5.41, 5.74) is 7.30. The number of rotatable bonds is 9. The molecule has 9 nitrogen and oxygen atoms in total. The summed E-state index contributed by atoms with van der Waals surface area (Å²) < 4.78 is 1.30. The molecule has 1 aromatic carbocycles. The highest BCUT2D eigenvalue weighted by molar-refractivity contribution is 5.82. The van der Waals surface area contributed by atoms with Crippen molar-refractivity contribution in [1.82, 2.24) is 14.9 Å². The maximum atomic E-state index is 12.8. The summed E-state index contributed by atoms with van der Waals surface area (Å²) in [5.74, 6) is -0.392. The monoisotopic (exact) mass is 436 g/mol. The van der Waals surface area contributed by atoms with Crippen LogP contribution in [-0.2, 0) is 11.3 Å². The number of aromatic nitrogens is 2. The Morgan fingerprint density at radius 2 is 2.03 bits per heavy atom. The highest BCUT2D eigenvalue weighted by atomic mass is 16.2. The number of hydrogen-bond acceptors (Lipinski definition) is 6. The van der Waals surface area contributed by atoms with E-state index in [1.54, 1.807) is 4.90 Å². The molecule has 4 N–H and O–H groups in total. The predicted molar refractivity (Wildman–Crippen MR) is 123 cm³/mol. The van der Waals surface area contributed by atoms with Crippen LogP contribution in [0.3, 0.4) is 0 Å². The minimum Gasteiger partial charge on any atom is -0.383 e. The van der Waals surface area contributed by atoms with Crippen LogP contribution in [0.1, 0.15) is 37.7 Å². The van der Waals surface area contributed by atoms with Crippen LogP contribution in [0, 0.1) is 11.3 Å². The number of nitrogens with two attached hydrogens (primary N) is 1. The molecular formula is C23H28N6O3. The Kier molecular flexibility index (Phi) is 7.86. The molecule has 32 heavy (non-hydrogen) atoms. The highest BCUT2D eigenvalue weighted by Crippen LogP contribution is 2.23. The maximum Gasteiger partial charge on any atom is 0.330 e. The van der Waals surface area contributed by atoms with Gasteiger partial charge in [0.1, 0.15) is 18.1 Å². The van der Waals surface area contributed by atoms with Gasteiger partial charge in [-0.25, -0.2) is 4.79 Å². The lowest BCUT2D eigenvalue weighted by Crippen LogP contribution is -2.43. The number of carbonyl (C=O) groups excluding carboxylic acids is 1. The van der Waals surface area contributed by atoms with E-state index in [1.807, 2.05) is 36.4 Å². The first kappa shape index (κ1) is 22.9. The van der Waals surface area contributed by atoms with Gasteiger partial charge in [0.15, 0.2) is 0 Å². The molecule has 0 fully saturated rings. The number of aromatic amines is 1. The maximum absolute atomic E-state index is 12.8. The van der Waals surface area contributed by atoms with Gasteiger partial charge in [-0.2, -0.15) is 5.26 Å². The van der Waals surface area contributed by atoms with Crippen LogP contribution < -0.4 is 27.2 Å². The largest absolute Gasteiger partial charge is 0.383 e. The van der Waals surface area contributed by atoms with Crippen LogP contribution in [0.15, 0.2) is 51.6 Å². The third kappa shape index (κ3) is 5.88. The van der Waals surface area contributed by atoms with Crippen molar-refractivity contribution in [2.75, 3.05) is 30.3 Å². The number of allylic oxidation sites excluding steroid dienone is 1. The molecule has 0 unspecified atom stereocenters. The van der Waals surface area contributed by atoms with Gasteiger partial charge in [-0.05, 0) is 37.7 Å². The zero-order chi connectivity index (χ0) is 22.9. The number of H-pyrrole nitrogens is 1. The molecule has 0 atom stereocenters.